The number of aliphatic imine (C=N–C) groups is 1. The molecule has 2 N–H and O–H groups in total. The fraction of sp³-hybridized carbons (Fsp3) is 0.0667. The third-order valence-electron chi connectivity index (χ3n) is 3.40. The Balaban J connectivity index is 2.16. The van der Waals surface area contributed by atoms with Gasteiger partial charge in [0.1, 0.15) is 0 Å². The molecule has 8 heteroatoms. The molecule has 0 saturated heterocycles. The summed E-state index contributed by atoms with van der Waals surface area (Å²) in [7, 11) is 0. The number of amidine groups is 1. The molecule has 1 aliphatic carbocycles. The van der Waals surface area contributed by atoms with Crippen LogP contribution in [0, 0.1) is 0 Å². The Kier molecular flexibility index (Phi) is 3.73. The van der Waals surface area contributed by atoms with E-state index in [1.165, 1.54) is 6.07 Å². The van der Waals surface area contributed by atoms with E-state index in [-0.39, 0.29) is 21.5 Å². The van der Waals surface area contributed by atoms with Crippen molar-refractivity contribution in [1.82, 2.24) is 5.48 Å². The molecule has 118 valence electrons. The number of hydroxylamine groups is 1. The number of carbonyl (C=O) groups excluding carboxylic acids is 1. The Labute approximate surface area is 136 Å². The first-order valence-electron chi connectivity index (χ1n) is 6.36. The second-order valence-electron chi connectivity index (χ2n) is 4.79. The fourth-order valence-corrected chi connectivity index (χ4v) is 2.82. The third kappa shape index (κ3) is 2.64. The number of hydrogen-bond acceptors (Lipinski definition) is 3. The van der Waals surface area contributed by atoms with Gasteiger partial charge in [-0.15, -0.1) is 0 Å². The van der Waals surface area contributed by atoms with Crippen LogP contribution in [0.15, 0.2) is 45.9 Å². The average molecular weight is 385 g/mol. The van der Waals surface area contributed by atoms with Gasteiger partial charge in [-0.1, -0.05) is 24.3 Å². The van der Waals surface area contributed by atoms with Gasteiger partial charge in [0.25, 0.3) is 0 Å². The Hall–Kier alpha value is -2.19. The highest BCUT2D eigenvalue weighted by Crippen LogP contribution is 2.41. The highest BCUT2D eigenvalue weighted by Gasteiger charge is 2.36. The maximum absolute atomic E-state index is 12.7. The minimum atomic E-state index is -4.85. The summed E-state index contributed by atoms with van der Waals surface area (Å²) in [5.74, 6) is -1.84. The van der Waals surface area contributed by atoms with Crippen molar-refractivity contribution >= 4 is 33.2 Å². The first-order valence-corrected chi connectivity index (χ1v) is 7.16. The third-order valence-corrected chi connectivity index (χ3v) is 4.04. The molecule has 0 fully saturated rings. The van der Waals surface area contributed by atoms with Gasteiger partial charge in [0.05, 0.1) is 5.69 Å². The molecular formula is C15H8BrF3N2O2. The molecule has 23 heavy (non-hydrogen) atoms. The number of hydrogen-bond donors (Lipinski definition) is 2. The quantitative estimate of drug-likeness (QED) is 0.375. The van der Waals surface area contributed by atoms with E-state index in [0.717, 1.165) is 11.0 Å². The number of alkyl halides is 3. The summed E-state index contributed by atoms with van der Waals surface area (Å²) in [6, 6.07) is 9.73. The monoisotopic (exact) mass is 384 g/mol. The molecule has 0 unspecified atom stereocenters. The van der Waals surface area contributed by atoms with Gasteiger partial charge in [0, 0.05) is 15.6 Å². The molecule has 0 heterocycles. The van der Waals surface area contributed by atoms with Crippen LogP contribution < -0.4 is 5.48 Å². The van der Waals surface area contributed by atoms with Crippen molar-refractivity contribution < 1.29 is 23.2 Å². The van der Waals surface area contributed by atoms with Gasteiger partial charge >= 0.3 is 6.18 Å². The second-order valence-corrected chi connectivity index (χ2v) is 5.65. The van der Waals surface area contributed by atoms with Crippen LogP contribution in [0.25, 0.3) is 11.1 Å². The predicted molar refractivity (Wildman–Crippen MR) is 81.1 cm³/mol. The van der Waals surface area contributed by atoms with Crippen LogP contribution in [-0.4, -0.2) is 23.0 Å². The highest BCUT2D eigenvalue weighted by atomic mass is 79.9. The number of fused-ring (bicyclic) bond motifs is 3. The maximum Gasteiger partial charge on any atom is 0.451 e. The van der Waals surface area contributed by atoms with E-state index >= 15 is 0 Å². The van der Waals surface area contributed by atoms with Crippen LogP contribution in [0.4, 0.5) is 18.9 Å². The first-order chi connectivity index (χ1) is 10.8. The molecule has 0 saturated carbocycles. The molecule has 0 spiro atoms. The van der Waals surface area contributed by atoms with Crippen molar-refractivity contribution in [3.63, 3.8) is 0 Å². The zero-order chi connectivity index (χ0) is 16.8. The van der Waals surface area contributed by atoms with Gasteiger partial charge in [-0.05, 0) is 39.2 Å². The number of rotatable bonds is 1. The number of halogens is 4. The zero-order valence-electron chi connectivity index (χ0n) is 11.3. The summed E-state index contributed by atoms with van der Waals surface area (Å²) < 4.78 is 38.3. The van der Waals surface area contributed by atoms with Crippen molar-refractivity contribution in [3.8, 4) is 11.1 Å². The topological polar surface area (TPSA) is 61.7 Å². The normalized spacial score (nSPS) is 13.8. The van der Waals surface area contributed by atoms with Gasteiger partial charge in [-0.25, -0.2) is 10.5 Å². The lowest BCUT2D eigenvalue weighted by atomic mass is 10.1. The number of nitrogens with one attached hydrogen (secondary N) is 1. The smallest absolute Gasteiger partial charge is 0.290 e. The number of nitrogens with zero attached hydrogens (tertiary/aromatic N) is 1. The SMILES string of the molecule is O=C1c2ccccc2-c2cc(Br)c(N=C(NO)C(F)(F)F)cc21. The molecule has 0 aliphatic heterocycles. The summed E-state index contributed by atoms with van der Waals surface area (Å²) in [6.07, 6.45) is -4.85. The molecular weight excluding hydrogens is 377 g/mol. The van der Waals surface area contributed by atoms with Crippen molar-refractivity contribution in [2.75, 3.05) is 0 Å². The van der Waals surface area contributed by atoms with Crippen LogP contribution in [0.3, 0.4) is 0 Å². The minimum absolute atomic E-state index is 0.112. The summed E-state index contributed by atoms with van der Waals surface area (Å²) in [5, 5.41) is 8.62. The Morgan fingerprint density at radius 3 is 2.35 bits per heavy atom. The lowest BCUT2D eigenvalue weighted by Crippen LogP contribution is -2.34. The Bertz CT molecular complexity index is 847. The summed E-state index contributed by atoms with van der Waals surface area (Å²) in [5.41, 5.74) is 3.03. The zero-order valence-corrected chi connectivity index (χ0v) is 12.9. The number of benzene rings is 2. The van der Waals surface area contributed by atoms with Gasteiger partial charge in [0.15, 0.2) is 5.78 Å². The van der Waals surface area contributed by atoms with E-state index in [1.807, 2.05) is 0 Å². The average Bonchev–Trinajstić information content (AvgIpc) is 2.77. The number of ketones is 1. The van der Waals surface area contributed by atoms with Crippen LogP contribution in [-0.2, 0) is 0 Å². The van der Waals surface area contributed by atoms with Gasteiger partial charge in [0.2, 0.25) is 5.84 Å². The summed E-state index contributed by atoms with van der Waals surface area (Å²) in [6.45, 7) is 0. The van der Waals surface area contributed by atoms with E-state index in [4.69, 9.17) is 5.21 Å². The van der Waals surface area contributed by atoms with E-state index in [2.05, 4.69) is 20.9 Å². The highest BCUT2D eigenvalue weighted by molar-refractivity contribution is 9.10. The van der Waals surface area contributed by atoms with Gasteiger partial charge in [-0.2, -0.15) is 13.2 Å². The van der Waals surface area contributed by atoms with Crippen molar-refractivity contribution in [2.24, 2.45) is 4.99 Å². The van der Waals surface area contributed by atoms with Crippen LogP contribution in [0.5, 0.6) is 0 Å². The molecule has 2 aromatic carbocycles. The van der Waals surface area contributed by atoms with Crippen LogP contribution in [0.1, 0.15) is 15.9 Å². The number of carbonyl (C=O) groups is 1. The predicted octanol–water partition coefficient (Wildman–Crippen LogP) is 4.23. The molecule has 0 radical (unpaired) electrons. The van der Waals surface area contributed by atoms with E-state index in [9.17, 15) is 18.0 Å². The lowest BCUT2D eigenvalue weighted by Gasteiger charge is -2.10. The summed E-state index contributed by atoms with van der Waals surface area (Å²) in [4.78, 5) is 15.7. The Morgan fingerprint density at radius 2 is 1.74 bits per heavy atom. The Morgan fingerprint density at radius 1 is 1.09 bits per heavy atom. The molecule has 4 nitrogen and oxygen atoms in total. The molecule has 0 amide bonds. The minimum Gasteiger partial charge on any atom is -0.290 e. The van der Waals surface area contributed by atoms with Crippen LogP contribution >= 0.6 is 15.9 Å². The fourth-order valence-electron chi connectivity index (χ4n) is 2.39. The van der Waals surface area contributed by atoms with Gasteiger partial charge in [-0.3, -0.25) is 10.0 Å². The van der Waals surface area contributed by atoms with Crippen molar-refractivity contribution in [3.05, 3.63) is 52.0 Å². The van der Waals surface area contributed by atoms with Crippen molar-refractivity contribution in [1.29, 1.82) is 0 Å². The van der Waals surface area contributed by atoms with E-state index in [1.54, 1.807) is 30.3 Å². The standard InChI is InChI=1S/C15H8BrF3N2O2/c16-11-5-9-7-3-1-2-4-8(7)13(22)10(9)6-12(11)20-14(21-23)15(17,18)19/h1-6,23H,(H,20,21). The molecule has 3 rings (SSSR count). The summed E-state index contributed by atoms with van der Waals surface area (Å²) >= 11 is 3.15. The molecule has 0 bridgehead atoms. The van der Waals surface area contributed by atoms with E-state index in [0.29, 0.717) is 11.1 Å². The van der Waals surface area contributed by atoms with Crippen LogP contribution in [0.2, 0.25) is 0 Å². The first kappa shape index (κ1) is 15.7. The molecule has 0 aromatic heterocycles. The van der Waals surface area contributed by atoms with Gasteiger partial charge < -0.3 is 0 Å². The second kappa shape index (κ2) is 5.47. The molecule has 1 aliphatic rings. The lowest BCUT2D eigenvalue weighted by molar-refractivity contribution is -0.0677. The maximum atomic E-state index is 12.7. The molecule has 0 atom stereocenters. The largest absolute Gasteiger partial charge is 0.451 e. The van der Waals surface area contributed by atoms with Crippen molar-refractivity contribution in [2.45, 2.75) is 6.18 Å². The van der Waals surface area contributed by atoms with E-state index < -0.39 is 12.0 Å². The molecule has 2 aromatic rings.